The molecule has 1 saturated heterocycles. The van der Waals surface area contributed by atoms with Crippen molar-refractivity contribution >= 4 is 11.6 Å². The van der Waals surface area contributed by atoms with Crippen LogP contribution in [0.15, 0.2) is 42.5 Å². The first kappa shape index (κ1) is 16.4. The van der Waals surface area contributed by atoms with Crippen LogP contribution in [0.4, 0.5) is 14.5 Å². The minimum Gasteiger partial charge on any atom is -0.491 e. The Hall–Kier alpha value is -2.47. The topological polar surface area (TPSA) is 47.6 Å². The summed E-state index contributed by atoms with van der Waals surface area (Å²) < 4.78 is 38.3. The zero-order valence-corrected chi connectivity index (χ0v) is 12.9. The number of carbonyl (C=O) groups excluding carboxylic acids is 1. The lowest BCUT2D eigenvalue weighted by molar-refractivity contribution is 0.0679. The fourth-order valence-corrected chi connectivity index (χ4v) is 2.51. The summed E-state index contributed by atoms with van der Waals surface area (Å²) in [6, 6.07) is 9.88. The summed E-state index contributed by atoms with van der Waals surface area (Å²) in [5.74, 6) is -1.99. The highest BCUT2D eigenvalue weighted by Gasteiger charge is 2.18. The van der Waals surface area contributed by atoms with Crippen LogP contribution in [0.25, 0.3) is 0 Å². The molecule has 24 heavy (non-hydrogen) atoms. The van der Waals surface area contributed by atoms with Gasteiger partial charge in [0.2, 0.25) is 0 Å². The molecule has 2 aromatic rings. The normalized spacial score (nSPS) is 16.8. The number of anilines is 1. The summed E-state index contributed by atoms with van der Waals surface area (Å²) in [4.78, 5) is 12.0. The van der Waals surface area contributed by atoms with Gasteiger partial charge in [-0.25, -0.2) is 8.78 Å². The summed E-state index contributed by atoms with van der Waals surface area (Å²) in [6.45, 7) is 1.25. The first-order valence-corrected chi connectivity index (χ1v) is 7.73. The standard InChI is InChI=1S/C18H17F2NO3/c19-15-4-1-5-16(20)17(15)18(22)21-12-6-8-13(9-7-12)24-11-14-3-2-10-23-14/h1,4-9,14H,2-3,10-11H2,(H,21,22)/t14-/m0/s1. The Kier molecular flexibility index (Phi) is 5.05. The van der Waals surface area contributed by atoms with Gasteiger partial charge < -0.3 is 14.8 Å². The van der Waals surface area contributed by atoms with Crippen LogP contribution >= 0.6 is 0 Å². The molecule has 4 nitrogen and oxygen atoms in total. The molecule has 0 aliphatic carbocycles. The number of hydrogen-bond donors (Lipinski definition) is 1. The molecule has 0 unspecified atom stereocenters. The lowest BCUT2D eigenvalue weighted by Gasteiger charge is -2.12. The van der Waals surface area contributed by atoms with E-state index < -0.39 is 23.1 Å². The van der Waals surface area contributed by atoms with Crippen LogP contribution in [0.2, 0.25) is 0 Å². The summed E-state index contributed by atoms with van der Waals surface area (Å²) in [5, 5.41) is 2.47. The number of nitrogens with one attached hydrogen (secondary N) is 1. The predicted octanol–water partition coefficient (Wildman–Crippen LogP) is 3.77. The Morgan fingerprint density at radius 3 is 2.50 bits per heavy atom. The van der Waals surface area contributed by atoms with Gasteiger partial charge in [-0.15, -0.1) is 0 Å². The number of carbonyl (C=O) groups is 1. The average molecular weight is 333 g/mol. The molecule has 2 aromatic carbocycles. The molecule has 0 radical (unpaired) electrons. The van der Waals surface area contributed by atoms with E-state index in [1.54, 1.807) is 24.3 Å². The molecule has 0 bridgehead atoms. The van der Waals surface area contributed by atoms with E-state index in [0.717, 1.165) is 31.6 Å². The zero-order valence-electron chi connectivity index (χ0n) is 12.9. The minimum absolute atomic E-state index is 0.119. The Labute approximate surface area is 138 Å². The van der Waals surface area contributed by atoms with Crippen molar-refractivity contribution in [1.29, 1.82) is 0 Å². The number of ether oxygens (including phenoxy) is 2. The second-order valence-corrected chi connectivity index (χ2v) is 5.52. The number of hydrogen-bond acceptors (Lipinski definition) is 3. The van der Waals surface area contributed by atoms with Gasteiger partial charge in [-0.2, -0.15) is 0 Å². The zero-order chi connectivity index (χ0) is 16.9. The molecule has 1 atom stereocenters. The molecule has 126 valence electrons. The number of rotatable bonds is 5. The van der Waals surface area contributed by atoms with Crippen molar-refractivity contribution < 1.29 is 23.0 Å². The van der Waals surface area contributed by atoms with Gasteiger partial charge >= 0.3 is 0 Å². The SMILES string of the molecule is O=C(Nc1ccc(OC[C@@H]2CCCO2)cc1)c1c(F)cccc1F. The monoisotopic (exact) mass is 333 g/mol. The van der Waals surface area contributed by atoms with Crippen molar-refractivity contribution in [3.63, 3.8) is 0 Å². The van der Waals surface area contributed by atoms with E-state index in [-0.39, 0.29) is 6.10 Å². The highest BCUT2D eigenvalue weighted by molar-refractivity contribution is 6.04. The molecule has 0 aromatic heterocycles. The molecule has 1 N–H and O–H groups in total. The van der Waals surface area contributed by atoms with Crippen molar-refractivity contribution in [2.45, 2.75) is 18.9 Å². The van der Waals surface area contributed by atoms with Gasteiger partial charge in [0.05, 0.1) is 6.10 Å². The summed E-state index contributed by atoms with van der Waals surface area (Å²) >= 11 is 0. The largest absolute Gasteiger partial charge is 0.491 e. The molecule has 1 aliphatic rings. The van der Waals surface area contributed by atoms with Crippen LogP contribution in [-0.2, 0) is 4.74 Å². The van der Waals surface area contributed by atoms with Gasteiger partial charge in [0.15, 0.2) is 0 Å². The minimum atomic E-state index is -0.899. The second kappa shape index (κ2) is 7.40. The highest BCUT2D eigenvalue weighted by atomic mass is 19.1. The van der Waals surface area contributed by atoms with Crippen molar-refractivity contribution in [1.82, 2.24) is 0 Å². The first-order chi connectivity index (χ1) is 11.6. The van der Waals surface area contributed by atoms with Crippen molar-refractivity contribution in [3.05, 3.63) is 59.7 Å². The van der Waals surface area contributed by atoms with Crippen molar-refractivity contribution in [2.24, 2.45) is 0 Å². The second-order valence-electron chi connectivity index (χ2n) is 5.52. The fraction of sp³-hybridized carbons (Fsp3) is 0.278. The maximum Gasteiger partial charge on any atom is 0.261 e. The Morgan fingerprint density at radius 2 is 1.88 bits per heavy atom. The van der Waals surface area contributed by atoms with Crippen LogP contribution in [0, 0.1) is 11.6 Å². The Bertz CT molecular complexity index is 692. The predicted molar refractivity (Wildman–Crippen MR) is 85.2 cm³/mol. The molecule has 6 heteroatoms. The van der Waals surface area contributed by atoms with Crippen molar-refractivity contribution in [2.75, 3.05) is 18.5 Å². The van der Waals surface area contributed by atoms with Gasteiger partial charge in [0.25, 0.3) is 5.91 Å². The van der Waals surface area contributed by atoms with Gasteiger partial charge in [-0.1, -0.05) is 6.07 Å². The molecule has 0 spiro atoms. The quantitative estimate of drug-likeness (QED) is 0.906. The van der Waals surface area contributed by atoms with Crippen LogP contribution in [0.1, 0.15) is 23.2 Å². The first-order valence-electron chi connectivity index (χ1n) is 7.73. The summed E-state index contributed by atoms with van der Waals surface area (Å²) in [5.41, 5.74) is -0.177. The van der Waals surface area contributed by atoms with Crippen molar-refractivity contribution in [3.8, 4) is 5.75 Å². The highest BCUT2D eigenvalue weighted by Crippen LogP contribution is 2.20. The maximum atomic E-state index is 13.6. The molecule has 1 heterocycles. The molecule has 0 saturated carbocycles. The van der Waals surface area contributed by atoms with E-state index in [0.29, 0.717) is 18.0 Å². The lowest BCUT2D eigenvalue weighted by Crippen LogP contribution is -2.17. The van der Waals surface area contributed by atoms with Crippen LogP contribution in [0.3, 0.4) is 0 Å². The van der Waals surface area contributed by atoms with Gasteiger partial charge in [0.1, 0.15) is 29.6 Å². The van der Waals surface area contributed by atoms with Gasteiger partial charge in [-0.3, -0.25) is 4.79 Å². The van der Waals surface area contributed by atoms with E-state index in [4.69, 9.17) is 9.47 Å². The molecule has 1 amide bonds. The molecule has 1 fully saturated rings. The summed E-state index contributed by atoms with van der Waals surface area (Å²) in [7, 11) is 0. The van der Waals surface area contributed by atoms with Crippen LogP contribution in [0.5, 0.6) is 5.75 Å². The molecule has 3 rings (SSSR count). The van der Waals surface area contributed by atoms with E-state index in [1.807, 2.05) is 0 Å². The van der Waals surface area contributed by atoms with E-state index in [1.165, 1.54) is 6.07 Å². The van der Waals surface area contributed by atoms with E-state index >= 15 is 0 Å². The lowest BCUT2D eigenvalue weighted by atomic mass is 10.1. The summed E-state index contributed by atoms with van der Waals surface area (Å²) in [6.07, 6.45) is 2.15. The Balaban J connectivity index is 1.60. The maximum absolute atomic E-state index is 13.6. The third kappa shape index (κ3) is 3.89. The van der Waals surface area contributed by atoms with Crippen LogP contribution < -0.4 is 10.1 Å². The van der Waals surface area contributed by atoms with E-state index in [2.05, 4.69) is 5.32 Å². The molecular formula is C18H17F2NO3. The smallest absolute Gasteiger partial charge is 0.261 e. The van der Waals surface area contributed by atoms with E-state index in [9.17, 15) is 13.6 Å². The van der Waals surface area contributed by atoms with Gasteiger partial charge in [-0.05, 0) is 49.2 Å². The van der Waals surface area contributed by atoms with Crippen LogP contribution in [-0.4, -0.2) is 25.2 Å². The molecule has 1 aliphatic heterocycles. The average Bonchev–Trinajstić information content (AvgIpc) is 3.07. The molecular weight excluding hydrogens is 316 g/mol. The fourth-order valence-electron chi connectivity index (χ4n) is 2.51. The third-order valence-corrected chi connectivity index (χ3v) is 3.76. The third-order valence-electron chi connectivity index (χ3n) is 3.76. The Morgan fingerprint density at radius 1 is 1.17 bits per heavy atom. The number of benzene rings is 2. The van der Waals surface area contributed by atoms with Gasteiger partial charge in [0, 0.05) is 12.3 Å². The number of halogens is 2. The number of amides is 1.